The summed E-state index contributed by atoms with van der Waals surface area (Å²) in [4.78, 5) is 6.33. The Hall–Kier alpha value is -0.0900. The summed E-state index contributed by atoms with van der Waals surface area (Å²) < 4.78 is 24.7. The first-order valence-corrected chi connectivity index (χ1v) is 8.24. The zero-order chi connectivity index (χ0) is 13.3. The minimum atomic E-state index is -3.11. The van der Waals surface area contributed by atoms with Crippen LogP contribution in [0.4, 0.5) is 0 Å². The molecule has 2 rings (SSSR count). The fourth-order valence-corrected chi connectivity index (χ4v) is 3.56. The predicted octanol–water partition coefficient (Wildman–Crippen LogP) is 0.437. The van der Waals surface area contributed by atoms with E-state index in [1.54, 1.807) is 4.31 Å². The lowest BCUT2D eigenvalue weighted by molar-refractivity contribution is 0.394. The predicted molar refractivity (Wildman–Crippen MR) is 87.3 cm³/mol. The first-order valence-electron chi connectivity index (χ1n) is 6.39. The molecule has 0 radical (unpaired) electrons. The summed E-state index contributed by atoms with van der Waals surface area (Å²) in [6.45, 7) is 1.08. The van der Waals surface area contributed by atoms with Gasteiger partial charge in [-0.05, 0) is 25.7 Å². The average molecular weight is 402 g/mol. The summed E-state index contributed by atoms with van der Waals surface area (Å²) >= 11 is 0. The van der Waals surface area contributed by atoms with Crippen LogP contribution in [0.3, 0.4) is 0 Å². The first kappa shape index (κ1) is 17.0. The number of nitrogens with zero attached hydrogens (tertiary/aromatic N) is 3. The molecule has 0 aromatic heterocycles. The monoisotopic (exact) mass is 402 g/mol. The molecule has 1 aliphatic heterocycles. The lowest BCUT2D eigenvalue weighted by Crippen LogP contribution is -2.39. The number of sulfonamides is 1. The second-order valence-electron chi connectivity index (χ2n) is 5.21. The average Bonchev–Trinajstić information content (AvgIpc) is 3.01. The van der Waals surface area contributed by atoms with Crippen LogP contribution in [-0.4, -0.2) is 62.1 Å². The number of hydrogen-bond acceptors (Lipinski definition) is 3. The minimum Gasteiger partial charge on any atom is -0.370 e. The zero-order valence-corrected chi connectivity index (χ0v) is 14.6. The van der Waals surface area contributed by atoms with Gasteiger partial charge in [0, 0.05) is 25.7 Å². The fourth-order valence-electron chi connectivity index (χ4n) is 2.39. The SMILES string of the molecule is CN(C(N)=NC[C@H]1CCCN1S(C)(=O)=O)C1CC1.I. The van der Waals surface area contributed by atoms with E-state index < -0.39 is 10.0 Å². The molecule has 1 heterocycles. The van der Waals surface area contributed by atoms with E-state index in [0.29, 0.717) is 25.1 Å². The van der Waals surface area contributed by atoms with Crippen molar-refractivity contribution in [1.29, 1.82) is 0 Å². The van der Waals surface area contributed by atoms with Crippen molar-refractivity contribution in [2.75, 3.05) is 26.4 Å². The third-order valence-electron chi connectivity index (χ3n) is 3.67. The summed E-state index contributed by atoms with van der Waals surface area (Å²) in [6.07, 6.45) is 5.38. The minimum absolute atomic E-state index is 0. The number of nitrogens with two attached hydrogens (primary N) is 1. The highest BCUT2D eigenvalue weighted by atomic mass is 127. The van der Waals surface area contributed by atoms with Crippen molar-refractivity contribution in [2.45, 2.75) is 37.8 Å². The van der Waals surface area contributed by atoms with Crippen molar-refractivity contribution < 1.29 is 8.42 Å². The Balaban J connectivity index is 0.00000180. The number of guanidine groups is 1. The third kappa shape index (κ3) is 4.45. The molecule has 0 aromatic carbocycles. The van der Waals surface area contributed by atoms with Crippen molar-refractivity contribution in [3.8, 4) is 0 Å². The molecule has 112 valence electrons. The molecule has 8 heteroatoms. The molecule has 1 saturated heterocycles. The lowest BCUT2D eigenvalue weighted by atomic mass is 10.2. The van der Waals surface area contributed by atoms with Crippen LogP contribution in [0.2, 0.25) is 0 Å². The quantitative estimate of drug-likeness (QED) is 0.421. The van der Waals surface area contributed by atoms with E-state index in [2.05, 4.69) is 4.99 Å². The largest absolute Gasteiger partial charge is 0.370 e. The molecule has 0 aromatic rings. The molecule has 1 saturated carbocycles. The number of halogens is 1. The zero-order valence-electron chi connectivity index (χ0n) is 11.4. The van der Waals surface area contributed by atoms with Crippen LogP contribution in [0.25, 0.3) is 0 Å². The molecule has 0 unspecified atom stereocenters. The van der Waals surface area contributed by atoms with Gasteiger partial charge in [-0.3, -0.25) is 4.99 Å². The van der Waals surface area contributed by atoms with Crippen LogP contribution in [0, 0.1) is 0 Å². The molecule has 0 spiro atoms. The topological polar surface area (TPSA) is 79.0 Å². The maximum Gasteiger partial charge on any atom is 0.211 e. The van der Waals surface area contributed by atoms with Crippen LogP contribution in [0.5, 0.6) is 0 Å². The number of hydrogen-bond donors (Lipinski definition) is 1. The standard InChI is InChI=1S/C11H22N4O2S.HI/c1-14(9-5-6-9)11(12)13-8-10-4-3-7-15(10)18(2,16)17;/h9-10H,3-8H2,1-2H3,(H2,12,13);1H/t10-;/m1./s1. The van der Waals surface area contributed by atoms with Gasteiger partial charge in [0.25, 0.3) is 0 Å². The van der Waals surface area contributed by atoms with Gasteiger partial charge in [-0.15, -0.1) is 24.0 Å². The third-order valence-corrected chi connectivity index (χ3v) is 5.00. The van der Waals surface area contributed by atoms with Crippen molar-refractivity contribution in [3.05, 3.63) is 0 Å². The molecule has 6 nitrogen and oxygen atoms in total. The van der Waals surface area contributed by atoms with E-state index in [0.717, 1.165) is 12.8 Å². The summed E-state index contributed by atoms with van der Waals surface area (Å²) in [7, 11) is -1.17. The van der Waals surface area contributed by atoms with Crippen LogP contribution in [0.1, 0.15) is 25.7 Å². The summed E-state index contributed by atoms with van der Waals surface area (Å²) in [6, 6.07) is 0.509. The Morgan fingerprint density at radius 2 is 2.05 bits per heavy atom. The van der Waals surface area contributed by atoms with E-state index in [9.17, 15) is 8.42 Å². The fraction of sp³-hybridized carbons (Fsp3) is 0.909. The number of aliphatic imine (C=N–C) groups is 1. The molecule has 2 aliphatic rings. The van der Waals surface area contributed by atoms with Gasteiger partial charge in [0.05, 0.1) is 12.8 Å². The van der Waals surface area contributed by atoms with Crippen molar-refractivity contribution in [1.82, 2.24) is 9.21 Å². The van der Waals surface area contributed by atoms with Gasteiger partial charge in [-0.25, -0.2) is 8.42 Å². The van der Waals surface area contributed by atoms with Crippen LogP contribution < -0.4 is 5.73 Å². The van der Waals surface area contributed by atoms with E-state index in [-0.39, 0.29) is 30.0 Å². The first-order chi connectivity index (χ1) is 8.39. The van der Waals surface area contributed by atoms with Gasteiger partial charge >= 0.3 is 0 Å². The van der Waals surface area contributed by atoms with Crippen molar-refractivity contribution in [3.63, 3.8) is 0 Å². The highest BCUT2D eigenvalue weighted by Gasteiger charge is 2.32. The Labute approximate surface area is 132 Å². The molecule has 19 heavy (non-hydrogen) atoms. The summed E-state index contributed by atoms with van der Waals surface area (Å²) in [5.74, 6) is 0.526. The van der Waals surface area contributed by atoms with Crippen LogP contribution in [-0.2, 0) is 10.0 Å². The normalized spacial score (nSPS) is 25.2. The van der Waals surface area contributed by atoms with Gasteiger partial charge < -0.3 is 10.6 Å². The Kier molecular flexibility index (Phi) is 5.87. The summed E-state index contributed by atoms with van der Waals surface area (Å²) in [5.41, 5.74) is 5.90. The van der Waals surface area contributed by atoms with Gasteiger partial charge in [0.15, 0.2) is 5.96 Å². The number of rotatable bonds is 4. The molecule has 0 amide bonds. The van der Waals surface area contributed by atoms with Gasteiger partial charge in [0.2, 0.25) is 10.0 Å². The van der Waals surface area contributed by atoms with Gasteiger partial charge in [-0.2, -0.15) is 4.31 Å². The maximum atomic E-state index is 11.6. The van der Waals surface area contributed by atoms with E-state index in [1.165, 1.54) is 19.1 Å². The Morgan fingerprint density at radius 1 is 1.42 bits per heavy atom. The second kappa shape index (κ2) is 6.57. The van der Waals surface area contributed by atoms with Crippen molar-refractivity contribution in [2.24, 2.45) is 10.7 Å². The second-order valence-corrected chi connectivity index (χ2v) is 7.15. The molecule has 2 N–H and O–H groups in total. The van der Waals surface area contributed by atoms with Gasteiger partial charge in [0.1, 0.15) is 0 Å². The maximum absolute atomic E-state index is 11.6. The molecule has 1 aliphatic carbocycles. The summed E-state index contributed by atoms with van der Waals surface area (Å²) in [5, 5.41) is 0. The Morgan fingerprint density at radius 3 is 2.58 bits per heavy atom. The van der Waals surface area contributed by atoms with Gasteiger partial charge in [-0.1, -0.05) is 0 Å². The smallest absolute Gasteiger partial charge is 0.211 e. The van der Waals surface area contributed by atoms with E-state index in [4.69, 9.17) is 5.73 Å². The highest BCUT2D eigenvalue weighted by Crippen LogP contribution is 2.25. The molecule has 2 fully saturated rings. The molecule has 0 bridgehead atoms. The lowest BCUT2D eigenvalue weighted by Gasteiger charge is -2.22. The molecule has 1 atom stereocenters. The van der Waals surface area contributed by atoms with E-state index in [1.807, 2.05) is 11.9 Å². The van der Waals surface area contributed by atoms with Crippen LogP contribution in [0.15, 0.2) is 4.99 Å². The van der Waals surface area contributed by atoms with Crippen molar-refractivity contribution >= 4 is 40.0 Å². The van der Waals surface area contributed by atoms with Crippen LogP contribution >= 0.6 is 24.0 Å². The Bertz CT molecular complexity index is 436. The molecular formula is C11H23IN4O2S. The highest BCUT2D eigenvalue weighted by molar-refractivity contribution is 14.0. The van der Waals surface area contributed by atoms with E-state index >= 15 is 0 Å². The molecular weight excluding hydrogens is 379 g/mol.